The van der Waals surface area contributed by atoms with Gasteiger partial charge >= 0.3 is 0 Å². The van der Waals surface area contributed by atoms with Gasteiger partial charge < -0.3 is 20.0 Å². The van der Waals surface area contributed by atoms with Gasteiger partial charge in [0.2, 0.25) is 33.7 Å². The number of nitrogens with zero attached hydrogens (tertiary/aromatic N) is 8. The van der Waals surface area contributed by atoms with E-state index in [0.717, 1.165) is 64.2 Å². The van der Waals surface area contributed by atoms with Crippen molar-refractivity contribution in [1.29, 1.82) is 0 Å². The first-order chi connectivity index (χ1) is 40.0. The van der Waals surface area contributed by atoms with Crippen LogP contribution >= 0.6 is 0 Å². The van der Waals surface area contributed by atoms with Crippen LogP contribution < -0.4 is 33.7 Å². The van der Waals surface area contributed by atoms with Crippen molar-refractivity contribution in [3.63, 3.8) is 0 Å². The number of aromatic nitrogens is 6. The second-order valence-electron chi connectivity index (χ2n) is 25.3. The van der Waals surface area contributed by atoms with E-state index in [-0.39, 0.29) is 56.5 Å². The normalized spacial score (nSPS) is 14.6. The quantitative estimate of drug-likeness (QED) is 0.0196. The fraction of sp³-hybridized carbons (Fsp3) is 0.484. The standard InChI is InChI=1S/C62H90N14O8S2/c1-17-75(18-2)31-21-29-63-53-69-55(73-57(71-53)67-43-33-45(59(5,6)7)51(77)46(34-43)60(8,9)10)65-41-27-25-39(49(37-41)85(79,80)81)23-24-40-26-28-42(38-50(40)86(82,83)84)66-56-70-54(64-30-22-32-76(19-3)20-4)72-58(74-56)68-44-35-47(61(11,12)13)52(78)48(36-44)62(14,15)16/h23-28,33-38,77-78H,17-22,29-32H2,1-16H3,(H,79,80,81)(H,82,83,84)(H3,63,65,67,69,71,73)(H3,64,66,68,70,72,74)/b24-23+. The Kier molecular flexibility index (Phi) is 21.8. The predicted molar refractivity (Wildman–Crippen MR) is 338 cm³/mol. The maximum Gasteiger partial charge on any atom is 0.295 e. The molecule has 0 radical (unpaired) electrons. The Morgan fingerprint density at radius 1 is 0.419 bits per heavy atom. The molecular weight excluding hydrogens is 1130 g/mol. The van der Waals surface area contributed by atoms with E-state index in [0.29, 0.717) is 58.0 Å². The number of hydrogen-bond acceptors (Lipinski definition) is 14. The van der Waals surface area contributed by atoms with Crippen LogP contribution in [-0.2, 0) is 41.9 Å². The van der Waals surface area contributed by atoms with Crippen molar-refractivity contribution < 1.29 is 36.2 Å². The molecule has 6 rings (SSSR count). The summed E-state index contributed by atoms with van der Waals surface area (Å²) in [4.78, 5) is 51.1. The van der Waals surface area contributed by atoms with E-state index in [2.05, 4.69) is 77.4 Å². The van der Waals surface area contributed by atoms with Crippen molar-refractivity contribution >= 4 is 55.1 Å². The van der Waals surface area contributed by atoms with Crippen molar-refractivity contribution in [3.8, 4) is 11.5 Å². The number of benzene rings is 4. The molecular formula is C62H90N14O8S2. The molecule has 0 spiro atoms. The van der Waals surface area contributed by atoms with Gasteiger partial charge in [0.15, 0.2) is 0 Å². The zero-order chi connectivity index (χ0) is 63.7. The molecule has 0 amide bonds. The molecule has 0 aliphatic heterocycles. The highest BCUT2D eigenvalue weighted by Crippen LogP contribution is 2.43. The number of phenols is 2. The first-order valence-electron chi connectivity index (χ1n) is 29.2. The first kappa shape index (κ1) is 67.9. The number of hydrogen-bond donors (Lipinski definition) is 10. The molecule has 24 heteroatoms. The summed E-state index contributed by atoms with van der Waals surface area (Å²) in [5, 5.41) is 22.8. The van der Waals surface area contributed by atoms with Crippen LogP contribution in [0.25, 0.3) is 12.2 Å². The maximum atomic E-state index is 13.1. The van der Waals surface area contributed by atoms with E-state index in [4.69, 9.17) is 20.0 Å². The molecule has 10 N–H and O–H groups in total. The fourth-order valence-electron chi connectivity index (χ4n) is 9.55. The Hall–Kier alpha value is -7.22. The largest absolute Gasteiger partial charge is 0.507 e. The SMILES string of the molecule is CCN(CC)CCCN=c1[nH]c(=Nc2cc(C(C)(C)C)c(O)c(C(C)(C)C)c2)[nH]c(=Nc2ccc(/C=C/c3ccc(N=c4[nH]c(=NCCCN(CC)CC)[nH]c(=Nc5cc(C(C)(C)C)c(O)c(C(C)(C)C)c5)[nH]4)cc3S(=O)(=O)O)c(S(=O)(=O)O)c2)[nH]1. The van der Waals surface area contributed by atoms with Gasteiger partial charge in [-0.3, -0.25) is 49.0 Å². The highest BCUT2D eigenvalue weighted by Gasteiger charge is 2.28. The minimum atomic E-state index is -4.93. The van der Waals surface area contributed by atoms with E-state index in [9.17, 15) is 36.2 Å². The molecule has 6 aromatic rings. The lowest BCUT2D eigenvalue weighted by atomic mass is 9.79. The van der Waals surface area contributed by atoms with Gasteiger partial charge in [-0.1, -0.05) is 135 Å². The summed E-state index contributed by atoms with van der Waals surface area (Å²) >= 11 is 0. The minimum absolute atomic E-state index is 0.0284. The number of rotatable bonds is 20. The average molecular weight is 1220 g/mol. The minimum Gasteiger partial charge on any atom is -0.507 e. The van der Waals surface area contributed by atoms with Crippen LogP contribution in [0.4, 0.5) is 22.7 Å². The van der Waals surface area contributed by atoms with Gasteiger partial charge in [-0.25, -0.2) is 20.0 Å². The second kappa shape index (κ2) is 27.6. The molecule has 0 atom stereocenters. The van der Waals surface area contributed by atoms with Gasteiger partial charge in [0.05, 0.1) is 22.7 Å². The Morgan fingerprint density at radius 2 is 0.686 bits per heavy atom. The fourth-order valence-corrected chi connectivity index (χ4v) is 11.0. The van der Waals surface area contributed by atoms with E-state index < -0.39 is 51.7 Å². The molecule has 0 fully saturated rings. The highest BCUT2D eigenvalue weighted by atomic mass is 32.2. The molecule has 4 aromatic carbocycles. The number of aromatic hydroxyl groups is 2. The average Bonchev–Trinajstić information content (AvgIpc) is 1.04. The van der Waals surface area contributed by atoms with E-state index in [1.165, 1.54) is 36.4 Å². The summed E-state index contributed by atoms with van der Waals surface area (Å²) in [5.41, 5.74) is 3.74. The zero-order valence-electron chi connectivity index (χ0n) is 52.8. The monoisotopic (exact) mass is 1220 g/mol. The van der Waals surface area contributed by atoms with Crippen molar-refractivity contribution in [2.24, 2.45) is 30.0 Å². The van der Waals surface area contributed by atoms with E-state index in [1.807, 2.05) is 107 Å². The van der Waals surface area contributed by atoms with Crippen molar-refractivity contribution in [3.05, 3.63) is 128 Å². The van der Waals surface area contributed by atoms with Gasteiger partial charge in [-0.2, -0.15) is 16.8 Å². The van der Waals surface area contributed by atoms with Gasteiger partial charge in [0.25, 0.3) is 20.2 Å². The molecule has 0 bridgehead atoms. The third kappa shape index (κ3) is 18.6. The molecule has 86 heavy (non-hydrogen) atoms. The molecule has 22 nitrogen and oxygen atoms in total. The third-order valence-corrected chi connectivity index (χ3v) is 16.2. The second-order valence-corrected chi connectivity index (χ2v) is 28.1. The van der Waals surface area contributed by atoms with Crippen molar-refractivity contribution in [1.82, 2.24) is 39.7 Å². The number of nitrogens with one attached hydrogen (secondary N) is 6. The van der Waals surface area contributed by atoms with E-state index >= 15 is 0 Å². The van der Waals surface area contributed by atoms with Crippen LogP contribution in [-0.4, -0.2) is 128 Å². The predicted octanol–water partition coefficient (Wildman–Crippen LogP) is 9.12. The lowest BCUT2D eigenvalue weighted by Gasteiger charge is -2.27. The molecule has 2 aromatic heterocycles. The summed E-state index contributed by atoms with van der Waals surface area (Å²) in [6, 6.07) is 15.4. The lowest BCUT2D eigenvalue weighted by Crippen LogP contribution is -2.37. The Labute approximate surface area is 505 Å². The third-order valence-electron chi connectivity index (χ3n) is 14.4. The summed E-state index contributed by atoms with van der Waals surface area (Å²) < 4.78 is 73.7. The lowest BCUT2D eigenvalue weighted by molar-refractivity contribution is 0.301. The van der Waals surface area contributed by atoms with Crippen LogP contribution in [0, 0.1) is 0 Å². The Bertz CT molecular complexity index is 3770. The summed E-state index contributed by atoms with van der Waals surface area (Å²) in [6.45, 7) is 38.7. The molecule has 0 saturated carbocycles. The van der Waals surface area contributed by atoms with Crippen LogP contribution in [0.5, 0.6) is 11.5 Å². The van der Waals surface area contributed by atoms with Crippen LogP contribution in [0.15, 0.2) is 100 Å². The molecule has 0 unspecified atom stereocenters. The van der Waals surface area contributed by atoms with Crippen molar-refractivity contribution in [2.75, 3.05) is 52.4 Å². The van der Waals surface area contributed by atoms with Gasteiger partial charge in [0.1, 0.15) is 21.3 Å². The molecule has 0 saturated heterocycles. The smallest absolute Gasteiger partial charge is 0.295 e. The van der Waals surface area contributed by atoms with Gasteiger partial charge in [-0.05, 0) is 133 Å². The molecule has 2 heterocycles. The van der Waals surface area contributed by atoms with Gasteiger partial charge in [-0.15, -0.1) is 0 Å². The number of phenolic OH excluding ortho intramolecular Hbond substituents is 2. The highest BCUT2D eigenvalue weighted by molar-refractivity contribution is 7.86. The van der Waals surface area contributed by atoms with Crippen LogP contribution in [0.1, 0.15) is 157 Å². The molecule has 0 aliphatic carbocycles. The summed E-state index contributed by atoms with van der Waals surface area (Å²) in [6.07, 6.45) is 4.11. The summed E-state index contributed by atoms with van der Waals surface area (Å²) in [5.74, 6) is 0.403. The van der Waals surface area contributed by atoms with Gasteiger partial charge in [0, 0.05) is 35.3 Å². The topological polar surface area (TPSA) is 325 Å². The Balaban J connectivity index is 1.46. The van der Waals surface area contributed by atoms with E-state index in [1.54, 1.807) is 0 Å². The molecule has 0 aliphatic rings. The molecule has 468 valence electrons. The van der Waals surface area contributed by atoms with Crippen LogP contribution in [0.3, 0.4) is 0 Å². The first-order valence-corrected chi connectivity index (χ1v) is 32.1. The van der Waals surface area contributed by atoms with Crippen molar-refractivity contribution in [2.45, 2.75) is 155 Å². The number of H-pyrrole nitrogens is 6. The zero-order valence-corrected chi connectivity index (χ0v) is 54.4. The summed E-state index contributed by atoms with van der Waals surface area (Å²) in [7, 11) is -9.87. The maximum absolute atomic E-state index is 13.1. The van der Waals surface area contributed by atoms with Crippen LogP contribution in [0.2, 0.25) is 0 Å². The Morgan fingerprint density at radius 3 is 0.942 bits per heavy atom. The number of aromatic amines is 6.